The lowest BCUT2D eigenvalue weighted by Crippen LogP contribution is -2.30. The Morgan fingerprint density at radius 3 is 2.72 bits per heavy atom. The second-order valence-electron chi connectivity index (χ2n) is 7.61. The van der Waals surface area contributed by atoms with Crippen LogP contribution in [-0.4, -0.2) is 11.7 Å². The lowest BCUT2D eigenvalue weighted by molar-refractivity contribution is 0.391. The summed E-state index contributed by atoms with van der Waals surface area (Å²) in [4.78, 5) is 2.49. The van der Waals surface area contributed by atoms with Crippen LogP contribution in [0.4, 0.5) is 5.69 Å². The van der Waals surface area contributed by atoms with Crippen LogP contribution in [0, 0.1) is 5.92 Å². The largest absolute Gasteiger partial charge is 0.513 e. The van der Waals surface area contributed by atoms with E-state index in [0.717, 1.165) is 32.4 Å². The topological polar surface area (TPSA) is 23.5 Å². The first kappa shape index (κ1) is 17.6. The Morgan fingerprint density at radius 1 is 1.12 bits per heavy atom. The molecular formula is C23H29NO. The van der Waals surface area contributed by atoms with Gasteiger partial charge in [0.05, 0.1) is 5.76 Å². The number of anilines is 1. The van der Waals surface area contributed by atoms with Crippen LogP contribution >= 0.6 is 0 Å². The highest BCUT2D eigenvalue weighted by molar-refractivity contribution is 5.51. The molecule has 132 valence electrons. The van der Waals surface area contributed by atoms with Crippen molar-refractivity contribution in [3.63, 3.8) is 0 Å². The second-order valence-corrected chi connectivity index (χ2v) is 7.61. The standard InChI is InChI=1S/C23H29NO/c1-17(2)13-20-5-4-6-23(15-20)24-12-11-21-14-19(8-7-18(3)25)9-10-22(21)16-24/h4-6,9-10,14-15,17,25H,3,7-8,11-13,16H2,1-2H3. The van der Waals surface area contributed by atoms with E-state index < -0.39 is 0 Å². The van der Waals surface area contributed by atoms with Gasteiger partial charge in [0.1, 0.15) is 0 Å². The van der Waals surface area contributed by atoms with Crippen LogP contribution in [0.1, 0.15) is 42.5 Å². The summed E-state index contributed by atoms with van der Waals surface area (Å²) in [5.74, 6) is 0.955. The highest BCUT2D eigenvalue weighted by Gasteiger charge is 2.17. The molecule has 2 nitrogen and oxygen atoms in total. The maximum Gasteiger partial charge on any atom is 0.0854 e. The van der Waals surface area contributed by atoms with Crippen molar-refractivity contribution < 1.29 is 5.11 Å². The van der Waals surface area contributed by atoms with Gasteiger partial charge in [-0.1, -0.05) is 50.8 Å². The average Bonchev–Trinajstić information content (AvgIpc) is 2.59. The number of fused-ring (bicyclic) bond motifs is 1. The predicted octanol–water partition coefficient (Wildman–Crippen LogP) is 5.45. The van der Waals surface area contributed by atoms with Crippen LogP contribution < -0.4 is 4.90 Å². The van der Waals surface area contributed by atoms with Gasteiger partial charge in [0.2, 0.25) is 0 Å². The normalized spacial score (nSPS) is 13.8. The van der Waals surface area contributed by atoms with Crippen LogP contribution in [-0.2, 0) is 25.8 Å². The third kappa shape index (κ3) is 4.66. The van der Waals surface area contributed by atoms with E-state index >= 15 is 0 Å². The zero-order chi connectivity index (χ0) is 17.8. The zero-order valence-electron chi connectivity index (χ0n) is 15.5. The molecule has 0 saturated carbocycles. The molecule has 1 aliphatic heterocycles. The molecule has 2 aromatic carbocycles. The lowest BCUT2D eigenvalue weighted by atomic mass is 9.95. The molecule has 1 heterocycles. The van der Waals surface area contributed by atoms with Gasteiger partial charge in [-0.15, -0.1) is 0 Å². The molecule has 0 aliphatic carbocycles. The Labute approximate surface area is 151 Å². The van der Waals surface area contributed by atoms with Crippen molar-refractivity contribution in [2.24, 2.45) is 5.92 Å². The van der Waals surface area contributed by atoms with Crippen molar-refractivity contribution in [1.29, 1.82) is 0 Å². The molecular weight excluding hydrogens is 306 g/mol. The molecule has 3 rings (SSSR count). The number of aliphatic hydroxyl groups excluding tert-OH is 1. The number of nitrogens with zero attached hydrogens (tertiary/aromatic N) is 1. The Hall–Kier alpha value is -2.22. The minimum absolute atomic E-state index is 0.269. The molecule has 2 aromatic rings. The summed E-state index contributed by atoms with van der Waals surface area (Å²) in [7, 11) is 0. The fraction of sp³-hybridized carbons (Fsp3) is 0.391. The van der Waals surface area contributed by atoms with Gasteiger partial charge < -0.3 is 10.0 Å². The third-order valence-electron chi connectivity index (χ3n) is 4.90. The van der Waals surface area contributed by atoms with Crippen LogP contribution in [0.5, 0.6) is 0 Å². The number of allylic oxidation sites excluding steroid dienone is 1. The van der Waals surface area contributed by atoms with E-state index in [1.165, 1.54) is 27.9 Å². The summed E-state index contributed by atoms with van der Waals surface area (Å²) in [6.45, 7) is 10.2. The molecule has 0 radical (unpaired) electrons. The van der Waals surface area contributed by atoms with Crippen LogP contribution in [0.15, 0.2) is 54.8 Å². The van der Waals surface area contributed by atoms with E-state index in [1.807, 2.05) is 0 Å². The molecule has 0 amide bonds. The Morgan fingerprint density at radius 2 is 1.96 bits per heavy atom. The van der Waals surface area contributed by atoms with E-state index in [9.17, 15) is 5.11 Å². The third-order valence-corrected chi connectivity index (χ3v) is 4.90. The highest BCUT2D eigenvalue weighted by atomic mass is 16.3. The van der Waals surface area contributed by atoms with E-state index in [2.05, 4.69) is 67.8 Å². The highest BCUT2D eigenvalue weighted by Crippen LogP contribution is 2.27. The smallest absolute Gasteiger partial charge is 0.0854 e. The molecule has 0 aromatic heterocycles. The first-order chi connectivity index (χ1) is 12.0. The average molecular weight is 335 g/mol. The molecule has 0 spiro atoms. The fourth-order valence-electron chi connectivity index (χ4n) is 3.62. The van der Waals surface area contributed by atoms with Crippen molar-refractivity contribution in [2.45, 2.75) is 46.1 Å². The Balaban J connectivity index is 1.72. The Bertz CT molecular complexity index is 748. The number of benzene rings is 2. The summed E-state index contributed by atoms with van der Waals surface area (Å²) in [6.07, 6.45) is 3.73. The summed E-state index contributed by atoms with van der Waals surface area (Å²) >= 11 is 0. The van der Waals surface area contributed by atoms with Crippen molar-refractivity contribution in [2.75, 3.05) is 11.4 Å². The van der Waals surface area contributed by atoms with Gasteiger partial charge in [0.15, 0.2) is 0 Å². The first-order valence-electron chi connectivity index (χ1n) is 9.32. The molecule has 0 bridgehead atoms. The fourth-order valence-corrected chi connectivity index (χ4v) is 3.62. The van der Waals surface area contributed by atoms with E-state index in [1.54, 1.807) is 0 Å². The van der Waals surface area contributed by atoms with Gasteiger partial charge in [-0.2, -0.15) is 0 Å². The van der Waals surface area contributed by atoms with Gasteiger partial charge in [-0.3, -0.25) is 0 Å². The van der Waals surface area contributed by atoms with Crippen molar-refractivity contribution in [3.8, 4) is 0 Å². The molecule has 2 heteroatoms. The van der Waals surface area contributed by atoms with Gasteiger partial charge in [0.25, 0.3) is 0 Å². The monoisotopic (exact) mass is 335 g/mol. The maximum absolute atomic E-state index is 9.29. The van der Waals surface area contributed by atoms with Crippen LogP contribution in [0.2, 0.25) is 0 Å². The van der Waals surface area contributed by atoms with Gasteiger partial charge in [-0.25, -0.2) is 0 Å². The second kappa shape index (κ2) is 7.77. The SMILES string of the molecule is C=C(O)CCc1ccc2c(c1)CCN(c1cccc(CC(C)C)c1)C2. The maximum atomic E-state index is 9.29. The van der Waals surface area contributed by atoms with Crippen molar-refractivity contribution >= 4 is 5.69 Å². The predicted molar refractivity (Wildman–Crippen MR) is 106 cm³/mol. The van der Waals surface area contributed by atoms with Crippen molar-refractivity contribution in [1.82, 2.24) is 0 Å². The number of aryl methyl sites for hydroxylation is 1. The molecule has 25 heavy (non-hydrogen) atoms. The first-order valence-corrected chi connectivity index (χ1v) is 9.32. The molecule has 0 saturated heterocycles. The van der Waals surface area contributed by atoms with E-state index in [0.29, 0.717) is 12.3 Å². The molecule has 0 atom stereocenters. The summed E-state index contributed by atoms with van der Waals surface area (Å²) in [6, 6.07) is 15.8. The zero-order valence-corrected chi connectivity index (χ0v) is 15.5. The van der Waals surface area contributed by atoms with E-state index in [-0.39, 0.29) is 5.76 Å². The molecule has 1 aliphatic rings. The molecule has 0 unspecified atom stereocenters. The van der Waals surface area contributed by atoms with Gasteiger partial charge >= 0.3 is 0 Å². The number of hydrogen-bond donors (Lipinski definition) is 1. The van der Waals surface area contributed by atoms with Gasteiger partial charge in [0, 0.05) is 25.2 Å². The summed E-state index contributed by atoms with van der Waals surface area (Å²) in [5.41, 5.74) is 6.94. The van der Waals surface area contributed by atoms with E-state index in [4.69, 9.17) is 0 Å². The number of hydrogen-bond acceptors (Lipinski definition) is 2. The number of aliphatic hydroxyl groups is 1. The number of rotatable bonds is 6. The van der Waals surface area contributed by atoms with Gasteiger partial charge in [-0.05, 0) is 59.6 Å². The van der Waals surface area contributed by atoms with Crippen LogP contribution in [0.25, 0.3) is 0 Å². The van der Waals surface area contributed by atoms with Crippen molar-refractivity contribution in [3.05, 3.63) is 77.1 Å². The minimum atomic E-state index is 0.269. The van der Waals surface area contributed by atoms with Crippen LogP contribution in [0.3, 0.4) is 0 Å². The Kier molecular flexibility index (Phi) is 5.47. The minimum Gasteiger partial charge on any atom is -0.513 e. The molecule has 1 N–H and O–H groups in total. The summed E-state index contributed by atoms with van der Waals surface area (Å²) in [5, 5.41) is 9.29. The molecule has 0 fully saturated rings. The quantitative estimate of drug-likeness (QED) is 0.709. The lowest BCUT2D eigenvalue weighted by Gasteiger charge is -2.31. The summed E-state index contributed by atoms with van der Waals surface area (Å²) < 4.78 is 0.